The first kappa shape index (κ1) is 22.0. The Balaban J connectivity index is 1.34. The van der Waals surface area contributed by atoms with Crippen LogP contribution >= 0.6 is 0 Å². The Labute approximate surface area is 199 Å². The number of carbonyl (C=O) groups excluding carboxylic acids is 2. The maximum Gasteiger partial charge on any atom is 0.235 e. The fourth-order valence-electron chi connectivity index (χ4n) is 4.40. The zero-order chi connectivity index (χ0) is 23.9. The summed E-state index contributed by atoms with van der Waals surface area (Å²) >= 11 is 0. The van der Waals surface area contributed by atoms with Crippen molar-refractivity contribution in [2.24, 2.45) is 0 Å². The monoisotopic (exact) mass is 456 g/mol. The minimum absolute atomic E-state index is 0.00351. The molecule has 1 aliphatic carbocycles. The van der Waals surface area contributed by atoms with E-state index in [-0.39, 0.29) is 18.6 Å². The second kappa shape index (κ2) is 8.52. The Morgan fingerprint density at radius 1 is 0.971 bits per heavy atom. The van der Waals surface area contributed by atoms with Crippen molar-refractivity contribution < 1.29 is 19.1 Å². The summed E-state index contributed by atoms with van der Waals surface area (Å²) in [4.78, 5) is 26.5. The Bertz CT molecular complexity index is 1260. The fraction of sp³-hybridized carbons (Fsp3) is 0.286. The quantitative estimate of drug-likeness (QED) is 0.564. The van der Waals surface area contributed by atoms with Gasteiger partial charge in [-0.1, -0.05) is 36.4 Å². The molecule has 5 rings (SSSR count). The van der Waals surface area contributed by atoms with Crippen LogP contribution in [0.3, 0.4) is 0 Å². The topological polar surface area (TPSA) is 67.9 Å². The molecule has 2 amide bonds. The van der Waals surface area contributed by atoms with Gasteiger partial charge in [0.25, 0.3) is 0 Å². The molecule has 0 atom stereocenters. The van der Waals surface area contributed by atoms with Gasteiger partial charge in [-0.3, -0.25) is 9.59 Å². The van der Waals surface area contributed by atoms with Gasteiger partial charge in [0, 0.05) is 26.2 Å². The summed E-state index contributed by atoms with van der Waals surface area (Å²) in [6.45, 7) is 4.42. The van der Waals surface area contributed by atoms with Crippen LogP contribution in [0.25, 0.3) is 11.1 Å². The van der Waals surface area contributed by atoms with Gasteiger partial charge in [0.1, 0.15) is 0 Å². The van der Waals surface area contributed by atoms with Gasteiger partial charge in [0.15, 0.2) is 11.5 Å². The van der Waals surface area contributed by atoms with Crippen molar-refractivity contribution in [2.45, 2.75) is 38.6 Å². The van der Waals surface area contributed by atoms with Crippen molar-refractivity contribution in [1.82, 2.24) is 4.90 Å². The molecule has 1 saturated carbocycles. The lowest BCUT2D eigenvalue weighted by molar-refractivity contribution is -0.128. The fourth-order valence-corrected chi connectivity index (χ4v) is 4.40. The number of amides is 2. The molecule has 2 aliphatic rings. The number of benzene rings is 3. The number of ether oxygens (including phenoxy) is 2. The highest BCUT2D eigenvalue weighted by Gasteiger charge is 2.51. The molecule has 6 heteroatoms. The van der Waals surface area contributed by atoms with Gasteiger partial charge >= 0.3 is 0 Å². The van der Waals surface area contributed by atoms with E-state index in [9.17, 15) is 9.59 Å². The van der Waals surface area contributed by atoms with Crippen LogP contribution in [0.1, 0.15) is 36.5 Å². The van der Waals surface area contributed by atoms with E-state index in [2.05, 4.69) is 24.4 Å². The molecule has 3 aromatic rings. The maximum atomic E-state index is 13.3. The SMILES string of the molecule is CC(=O)N(C)Cc1ccc(-c2cc(NC(=O)C3(c4ccc5c(c4)OCO5)CC3)ccc2C)cc1. The molecule has 3 aromatic carbocycles. The van der Waals surface area contributed by atoms with Gasteiger partial charge in [-0.25, -0.2) is 0 Å². The average Bonchev–Trinajstić information content (AvgIpc) is 3.51. The first-order valence-electron chi connectivity index (χ1n) is 11.5. The third-order valence-electron chi connectivity index (χ3n) is 6.83. The Kier molecular flexibility index (Phi) is 5.52. The highest BCUT2D eigenvalue weighted by atomic mass is 16.7. The highest BCUT2D eigenvalue weighted by molar-refractivity contribution is 6.02. The average molecular weight is 457 g/mol. The van der Waals surface area contributed by atoms with Crippen LogP contribution in [0, 0.1) is 6.92 Å². The lowest BCUT2D eigenvalue weighted by Crippen LogP contribution is -2.27. The van der Waals surface area contributed by atoms with E-state index < -0.39 is 5.41 Å². The third-order valence-corrected chi connectivity index (χ3v) is 6.83. The molecular weight excluding hydrogens is 428 g/mol. The van der Waals surface area contributed by atoms with E-state index in [0.29, 0.717) is 12.3 Å². The van der Waals surface area contributed by atoms with Gasteiger partial charge in [0.05, 0.1) is 5.41 Å². The van der Waals surface area contributed by atoms with Gasteiger partial charge < -0.3 is 19.7 Å². The third kappa shape index (κ3) is 4.12. The Morgan fingerprint density at radius 2 is 1.71 bits per heavy atom. The van der Waals surface area contributed by atoms with Crippen LogP contribution in [-0.4, -0.2) is 30.6 Å². The van der Waals surface area contributed by atoms with E-state index in [1.165, 1.54) is 0 Å². The molecule has 0 unspecified atom stereocenters. The van der Waals surface area contributed by atoms with Crippen LogP contribution in [0.5, 0.6) is 11.5 Å². The van der Waals surface area contributed by atoms with Crippen molar-refractivity contribution in [3.8, 4) is 22.6 Å². The number of hydrogen-bond donors (Lipinski definition) is 1. The van der Waals surface area contributed by atoms with Crippen LogP contribution < -0.4 is 14.8 Å². The van der Waals surface area contributed by atoms with Crippen LogP contribution in [0.2, 0.25) is 0 Å². The second-order valence-corrected chi connectivity index (χ2v) is 9.21. The number of carbonyl (C=O) groups is 2. The van der Waals surface area contributed by atoms with E-state index >= 15 is 0 Å². The highest BCUT2D eigenvalue weighted by Crippen LogP contribution is 2.51. The molecule has 0 radical (unpaired) electrons. The number of anilines is 1. The Hall–Kier alpha value is -3.80. The van der Waals surface area contributed by atoms with Crippen LogP contribution in [0.15, 0.2) is 60.7 Å². The molecule has 0 aromatic heterocycles. The normalized spacial score (nSPS) is 15.0. The number of nitrogens with one attached hydrogen (secondary N) is 1. The summed E-state index contributed by atoms with van der Waals surface area (Å²) < 4.78 is 10.9. The second-order valence-electron chi connectivity index (χ2n) is 9.21. The Morgan fingerprint density at radius 3 is 2.41 bits per heavy atom. The first-order chi connectivity index (χ1) is 16.4. The number of rotatable bonds is 6. The lowest BCUT2D eigenvalue weighted by atomic mass is 9.94. The minimum atomic E-state index is -0.517. The zero-order valence-electron chi connectivity index (χ0n) is 19.7. The van der Waals surface area contributed by atoms with Crippen molar-refractivity contribution in [3.63, 3.8) is 0 Å². The van der Waals surface area contributed by atoms with Crippen LogP contribution in [0.4, 0.5) is 5.69 Å². The summed E-state index contributed by atoms with van der Waals surface area (Å²) in [5, 5.41) is 3.14. The van der Waals surface area contributed by atoms with Crippen molar-refractivity contribution in [2.75, 3.05) is 19.2 Å². The van der Waals surface area contributed by atoms with Crippen molar-refractivity contribution in [1.29, 1.82) is 0 Å². The van der Waals surface area contributed by atoms with E-state index in [1.54, 1.807) is 18.9 Å². The summed E-state index contributed by atoms with van der Waals surface area (Å²) in [5.74, 6) is 1.47. The van der Waals surface area contributed by atoms with E-state index in [4.69, 9.17) is 9.47 Å². The minimum Gasteiger partial charge on any atom is -0.454 e. The van der Waals surface area contributed by atoms with Gasteiger partial charge in [-0.15, -0.1) is 0 Å². The predicted molar refractivity (Wildman–Crippen MR) is 131 cm³/mol. The summed E-state index contributed by atoms with van der Waals surface area (Å²) in [6, 6.07) is 20.0. The molecular formula is C28H28N2O4. The molecule has 1 aliphatic heterocycles. The number of fused-ring (bicyclic) bond motifs is 1. The number of aryl methyl sites for hydroxylation is 1. The number of nitrogens with zero attached hydrogens (tertiary/aromatic N) is 1. The van der Waals surface area contributed by atoms with Gasteiger partial charge in [-0.2, -0.15) is 0 Å². The molecule has 174 valence electrons. The van der Waals surface area contributed by atoms with Gasteiger partial charge in [0.2, 0.25) is 18.6 Å². The van der Waals surface area contributed by atoms with Crippen molar-refractivity contribution >= 4 is 17.5 Å². The maximum absolute atomic E-state index is 13.3. The molecule has 1 heterocycles. The zero-order valence-corrected chi connectivity index (χ0v) is 19.7. The standard InChI is InChI=1S/C28H28N2O4/c1-18-4-10-23(15-24(18)21-7-5-20(6-8-21)16-30(3)19(2)31)29-27(32)28(12-13-28)22-9-11-25-26(14-22)34-17-33-25/h4-11,14-15H,12-13,16-17H2,1-3H3,(H,29,32). The van der Waals surface area contributed by atoms with E-state index in [1.807, 2.05) is 48.5 Å². The molecule has 0 bridgehead atoms. The molecule has 0 spiro atoms. The summed E-state index contributed by atoms with van der Waals surface area (Å²) in [7, 11) is 1.79. The molecule has 1 N–H and O–H groups in total. The summed E-state index contributed by atoms with van der Waals surface area (Å²) in [5.41, 5.74) is 5.56. The predicted octanol–water partition coefficient (Wildman–Crippen LogP) is 5.04. The largest absolute Gasteiger partial charge is 0.454 e. The molecule has 6 nitrogen and oxygen atoms in total. The summed E-state index contributed by atoms with van der Waals surface area (Å²) in [6.07, 6.45) is 1.63. The van der Waals surface area contributed by atoms with Crippen molar-refractivity contribution in [3.05, 3.63) is 77.4 Å². The smallest absolute Gasteiger partial charge is 0.235 e. The molecule has 34 heavy (non-hydrogen) atoms. The first-order valence-corrected chi connectivity index (χ1v) is 11.5. The van der Waals surface area contributed by atoms with Crippen LogP contribution in [-0.2, 0) is 21.5 Å². The van der Waals surface area contributed by atoms with E-state index in [0.717, 1.165) is 52.1 Å². The lowest BCUT2D eigenvalue weighted by Gasteiger charge is -2.18. The number of hydrogen-bond acceptors (Lipinski definition) is 4. The van der Waals surface area contributed by atoms with Gasteiger partial charge in [-0.05, 0) is 71.8 Å². The molecule has 1 fully saturated rings. The molecule has 0 saturated heterocycles.